The van der Waals surface area contributed by atoms with Gasteiger partial charge in [-0.3, -0.25) is 10.1 Å². The van der Waals surface area contributed by atoms with Gasteiger partial charge in [-0.15, -0.1) is 11.3 Å². The number of aromatic nitrogens is 1. The van der Waals surface area contributed by atoms with Gasteiger partial charge in [-0.05, 0) is 31.5 Å². The molecule has 0 fully saturated rings. The first kappa shape index (κ1) is 14.5. The third-order valence-electron chi connectivity index (χ3n) is 2.68. The molecule has 0 spiro atoms. The highest BCUT2D eigenvalue weighted by atomic mass is 35.5. The molecular formula is C13H12ClN3O2S. The molecule has 0 unspecified atom stereocenters. The number of carbonyl (C=O) groups is 1. The van der Waals surface area contributed by atoms with Crippen molar-refractivity contribution < 1.29 is 10.0 Å². The third kappa shape index (κ3) is 3.15. The highest BCUT2D eigenvalue weighted by Crippen LogP contribution is 2.20. The standard InChI is InChI=1S/C13H12ClN3O2S/c1-7-3-4-9(5-10(7)14)12(18)16-13-15-11(6-20-13)8(2)17-19/h3-6,19H,1-2H3,(H,15,16,18). The molecule has 1 heterocycles. The number of rotatable bonds is 3. The summed E-state index contributed by atoms with van der Waals surface area (Å²) in [4.78, 5) is 16.2. The Morgan fingerprint density at radius 3 is 2.90 bits per heavy atom. The summed E-state index contributed by atoms with van der Waals surface area (Å²) in [6.07, 6.45) is 0. The van der Waals surface area contributed by atoms with Crippen LogP contribution in [-0.2, 0) is 0 Å². The Morgan fingerprint density at radius 2 is 2.25 bits per heavy atom. The van der Waals surface area contributed by atoms with Gasteiger partial charge < -0.3 is 5.21 Å². The summed E-state index contributed by atoms with van der Waals surface area (Å²) in [5, 5.41) is 17.1. The minimum atomic E-state index is -0.286. The Balaban J connectivity index is 2.15. The van der Waals surface area contributed by atoms with Crippen LogP contribution < -0.4 is 5.32 Å². The molecule has 2 rings (SSSR count). The van der Waals surface area contributed by atoms with Crippen molar-refractivity contribution >= 4 is 39.7 Å². The summed E-state index contributed by atoms with van der Waals surface area (Å²) < 4.78 is 0. The summed E-state index contributed by atoms with van der Waals surface area (Å²) >= 11 is 7.24. The molecule has 0 saturated heterocycles. The Morgan fingerprint density at radius 1 is 1.50 bits per heavy atom. The third-order valence-corrected chi connectivity index (χ3v) is 3.84. The van der Waals surface area contributed by atoms with Crippen molar-refractivity contribution in [1.82, 2.24) is 4.98 Å². The second-order valence-electron chi connectivity index (χ2n) is 4.14. The summed E-state index contributed by atoms with van der Waals surface area (Å²) in [5.41, 5.74) is 2.29. The Labute approximate surface area is 124 Å². The fourth-order valence-corrected chi connectivity index (χ4v) is 2.38. The van der Waals surface area contributed by atoms with Crippen LogP contribution in [0.5, 0.6) is 0 Å². The molecule has 0 bridgehead atoms. The van der Waals surface area contributed by atoms with Crippen molar-refractivity contribution in [3.63, 3.8) is 0 Å². The van der Waals surface area contributed by atoms with Crippen molar-refractivity contribution in [2.45, 2.75) is 13.8 Å². The van der Waals surface area contributed by atoms with E-state index in [9.17, 15) is 4.79 Å². The van der Waals surface area contributed by atoms with E-state index in [1.807, 2.05) is 6.92 Å². The van der Waals surface area contributed by atoms with Crippen LogP contribution in [0.4, 0.5) is 5.13 Å². The molecule has 0 aliphatic heterocycles. The Bertz CT molecular complexity index is 682. The Hall–Kier alpha value is -1.92. The number of anilines is 1. The number of aryl methyl sites for hydroxylation is 1. The van der Waals surface area contributed by atoms with Gasteiger partial charge in [-0.25, -0.2) is 4.98 Å². The maximum Gasteiger partial charge on any atom is 0.257 e. The van der Waals surface area contributed by atoms with Gasteiger partial charge in [0.15, 0.2) is 5.13 Å². The Kier molecular flexibility index (Phi) is 4.36. The lowest BCUT2D eigenvalue weighted by Crippen LogP contribution is -2.12. The lowest BCUT2D eigenvalue weighted by Gasteiger charge is -2.03. The summed E-state index contributed by atoms with van der Waals surface area (Å²) in [6.45, 7) is 3.49. The number of carbonyl (C=O) groups excluding carboxylic acids is 1. The molecule has 0 atom stereocenters. The molecule has 0 radical (unpaired) electrons. The fraction of sp³-hybridized carbons (Fsp3) is 0.154. The molecule has 104 valence electrons. The maximum atomic E-state index is 12.0. The molecule has 5 nitrogen and oxygen atoms in total. The van der Waals surface area contributed by atoms with Crippen molar-refractivity contribution in [2.24, 2.45) is 5.16 Å². The predicted octanol–water partition coefficient (Wildman–Crippen LogP) is 3.56. The first-order chi connectivity index (χ1) is 9.51. The number of nitrogens with one attached hydrogen (secondary N) is 1. The van der Waals surface area contributed by atoms with Crippen molar-refractivity contribution in [3.05, 3.63) is 45.4 Å². The molecule has 20 heavy (non-hydrogen) atoms. The zero-order valence-corrected chi connectivity index (χ0v) is 12.4. The van der Waals surface area contributed by atoms with Crippen LogP contribution in [0.15, 0.2) is 28.7 Å². The van der Waals surface area contributed by atoms with Crippen LogP contribution >= 0.6 is 22.9 Å². The number of thiazole rings is 1. The molecule has 0 aliphatic rings. The van der Waals surface area contributed by atoms with Gasteiger partial charge in [0, 0.05) is 16.0 Å². The monoisotopic (exact) mass is 309 g/mol. The lowest BCUT2D eigenvalue weighted by atomic mass is 10.1. The van der Waals surface area contributed by atoms with E-state index in [4.69, 9.17) is 16.8 Å². The normalized spacial score (nSPS) is 11.4. The number of hydrogen-bond acceptors (Lipinski definition) is 5. The molecular weight excluding hydrogens is 298 g/mol. The van der Waals surface area contributed by atoms with E-state index >= 15 is 0 Å². The molecule has 1 aromatic carbocycles. The van der Waals surface area contributed by atoms with Gasteiger partial charge in [0.25, 0.3) is 5.91 Å². The van der Waals surface area contributed by atoms with Crippen LogP contribution in [0.2, 0.25) is 5.02 Å². The summed E-state index contributed by atoms with van der Waals surface area (Å²) in [5.74, 6) is -0.286. The first-order valence-electron chi connectivity index (χ1n) is 5.73. The highest BCUT2D eigenvalue weighted by Gasteiger charge is 2.11. The average molecular weight is 310 g/mol. The van der Waals surface area contributed by atoms with Crippen molar-refractivity contribution in [2.75, 3.05) is 5.32 Å². The SMILES string of the molecule is CC(=NO)c1csc(NC(=O)c2ccc(C)c(Cl)c2)n1. The minimum Gasteiger partial charge on any atom is -0.411 e. The van der Waals surface area contributed by atoms with E-state index in [0.29, 0.717) is 27.1 Å². The number of hydrogen-bond donors (Lipinski definition) is 2. The summed E-state index contributed by atoms with van der Waals surface area (Å²) in [6, 6.07) is 5.10. The van der Waals surface area contributed by atoms with E-state index in [-0.39, 0.29) is 5.91 Å². The quantitative estimate of drug-likeness (QED) is 0.517. The predicted molar refractivity (Wildman–Crippen MR) is 80.3 cm³/mol. The van der Waals surface area contributed by atoms with E-state index in [0.717, 1.165) is 5.56 Å². The van der Waals surface area contributed by atoms with Gasteiger partial charge in [0.2, 0.25) is 0 Å². The largest absolute Gasteiger partial charge is 0.411 e. The zero-order valence-electron chi connectivity index (χ0n) is 10.8. The number of benzene rings is 1. The van der Waals surface area contributed by atoms with Crippen LogP contribution in [0.1, 0.15) is 28.5 Å². The summed E-state index contributed by atoms with van der Waals surface area (Å²) in [7, 11) is 0. The number of oxime groups is 1. The van der Waals surface area contributed by atoms with Crippen LogP contribution in [0.25, 0.3) is 0 Å². The van der Waals surface area contributed by atoms with E-state index in [1.165, 1.54) is 11.3 Å². The number of nitrogens with zero attached hydrogens (tertiary/aromatic N) is 2. The average Bonchev–Trinajstić information content (AvgIpc) is 2.89. The van der Waals surface area contributed by atoms with Crippen molar-refractivity contribution in [1.29, 1.82) is 0 Å². The van der Waals surface area contributed by atoms with Crippen LogP contribution in [0, 0.1) is 6.92 Å². The number of amides is 1. The molecule has 7 heteroatoms. The van der Waals surface area contributed by atoms with Gasteiger partial charge in [-0.2, -0.15) is 0 Å². The van der Waals surface area contributed by atoms with Gasteiger partial charge in [0.05, 0.1) is 0 Å². The molecule has 2 N–H and O–H groups in total. The molecule has 0 saturated carbocycles. The second-order valence-corrected chi connectivity index (χ2v) is 5.41. The molecule has 1 amide bonds. The molecule has 0 aliphatic carbocycles. The maximum absolute atomic E-state index is 12.0. The number of halogens is 1. The highest BCUT2D eigenvalue weighted by molar-refractivity contribution is 7.14. The fourth-order valence-electron chi connectivity index (χ4n) is 1.45. The van der Waals surface area contributed by atoms with Gasteiger partial charge in [-0.1, -0.05) is 22.8 Å². The van der Waals surface area contributed by atoms with Crippen LogP contribution in [-0.4, -0.2) is 21.8 Å². The van der Waals surface area contributed by atoms with Crippen LogP contribution in [0.3, 0.4) is 0 Å². The minimum absolute atomic E-state index is 0.286. The second kappa shape index (κ2) is 6.02. The molecule has 1 aromatic heterocycles. The van der Waals surface area contributed by atoms with E-state index in [1.54, 1.807) is 30.5 Å². The lowest BCUT2D eigenvalue weighted by molar-refractivity contribution is 0.102. The van der Waals surface area contributed by atoms with Gasteiger partial charge in [0.1, 0.15) is 11.4 Å². The zero-order chi connectivity index (χ0) is 14.7. The smallest absolute Gasteiger partial charge is 0.257 e. The van der Waals surface area contributed by atoms with E-state index in [2.05, 4.69) is 15.5 Å². The molecule has 2 aromatic rings. The van der Waals surface area contributed by atoms with E-state index < -0.39 is 0 Å². The van der Waals surface area contributed by atoms with Gasteiger partial charge >= 0.3 is 0 Å². The topological polar surface area (TPSA) is 74.6 Å². The van der Waals surface area contributed by atoms with Crippen molar-refractivity contribution in [3.8, 4) is 0 Å². The first-order valence-corrected chi connectivity index (χ1v) is 6.99.